The summed E-state index contributed by atoms with van der Waals surface area (Å²) >= 11 is 5.20. The monoisotopic (exact) mass is 796 g/mol. The number of carbonyl (C=O) groups excluding carboxylic acids is 4. The average molecular weight is 797 g/mol. The van der Waals surface area contributed by atoms with Gasteiger partial charge in [-0.3, -0.25) is 14.4 Å². The van der Waals surface area contributed by atoms with Crippen molar-refractivity contribution >= 4 is 77.4 Å². The van der Waals surface area contributed by atoms with Crippen molar-refractivity contribution in [1.82, 2.24) is 4.90 Å². The number of likely N-dealkylation sites (tertiary alicyclic amines) is 1. The van der Waals surface area contributed by atoms with Gasteiger partial charge >= 0.3 is 11.9 Å². The summed E-state index contributed by atoms with van der Waals surface area (Å²) in [5.74, 6) is -2.80. The van der Waals surface area contributed by atoms with Crippen molar-refractivity contribution in [2.75, 3.05) is 6.79 Å². The third kappa shape index (κ3) is 9.08. The Labute approximate surface area is 330 Å². The van der Waals surface area contributed by atoms with Crippen LogP contribution in [0.15, 0.2) is 115 Å². The lowest BCUT2D eigenvalue weighted by atomic mass is 9.79. The molecule has 1 aliphatic heterocycles. The van der Waals surface area contributed by atoms with Gasteiger partial charge in [-0.25, -0.2) is 4.79 Å². The Morgan fingerprint density at radius 2 is 1.29 bits per heavy atom. The first-order chi connectivity index (χ1) is 26.0. The molecule has 12 heteroatoms. The number of Topliss-reactive ketones (excluding diaryl/α,β-unsaturated/α-hetero) is 1. The molecule has 4 aromatic rings. The summed E-state index contributed by atoms with van der Waals surface area (Å²) < 4.78 is 17.8. The van der Waals surface area contributed by atoms with Gasteiger partial charge in [-0.2, -0.15) is 0 Å². The van der Waals surface area contributed by atoms with E-state index in [0.29, 0.717) is 11.1 Å². The molecule has 2 N–H and O–H groups in total. The van der Waals surface area contributed by atoms with Gasteiger partial charge in [0.1, 0.15) is 10.4 Å². The van der Waals surface area contributed by atoms with E-state index >= 15 is 4.79 Å². The van der Waals surface area contributed by atoms with Crippen molar-refractivity contribution in [2.24, 2.45) is 17.1 Å². The highest BCUT2D eigenvalue weighted by molar-refractivity contribution is 7.96. The standard InChI is InChI=1S/C43H49N2O7PSSi/c1-29(52-55(5,6)7)37-35(27-36(46)30-18-17-19-31(26-30)38(44)54)45(39(37)47)40(41(48)50-28-51-42(49)43(2,3)4)53(32-20-11-8-12-21-32,33-22-13-9-14-23-33)34-24-15-10-16-25-34/h8-26,29,35,37H,27-28H2,1-7H3,(H2,44,54). The molecule has 1 fully saturated rings. The molecule has 55 heavy (non-hydrogen) atoms. The first-order valence-electron chi connectivity index (χ1n) is 18.2. The van der Waals surface area contributed by atoms with Gasteiger partial charge in [-0.05, 0) is 69.3 Å². The molecule has 288 valence electrons. The zero-order valence-electron chi connectivity index (χ0n) is 32.4. The fourth-order valence-corrected chi connectivity index (χ4v) is 12.7. The summed E-state index contributed by atoms with van der Waals surface area (Å²) in [6, 6.07) is 34.7. The largest absolute Gasteiger partial charge is 0.427 e. The highest BCUT2D eigenvalue weighted by Crippen LogP contribution is 2.50. The fourth-order valence-electron chi connectivity index (χ4n) is 6.93. The minimum Gasteiger partial charge on any atom is -0.427 e. The van der Waals surface area contributed by atoms with Crippen LogP contribution in [-0.4, -0.2) is 66.2 Å². The number of nitrogens with two attached hydrogens (primary N) is 1. The number of ether oxygens (including phenoxy) is 2. The van der Waals surface area contributed by atoms with Crippen LogP contribution in [0, 0.1) is 11.3 Å². The van der Waals surface area contributed by atoms with E-state index in [2.05, 4.69) is 0 Å². The molecule has 3 atom stereocenters. The number of carbonyl (C=O) groups is 4. The zero-order valence-corrected chi connectivity index (χ0v) is 35.1. The Kier molecular flexibility index (Phi) is 12.8. The number of β-lactam (4-membered cyclic amide) rings is 1. The summed E-state index contributed by atoms with van der Waals surface area (Å²) in [4.78, 5) is 58.8. The van der Waals surface area contributed by atoms with Gasteiger partial charge in [0.2, 0.25) is 12.7 Å². The summed E-state index contributed by atoms with van der Waals surface area (Å²) in [6.07, 6.45) is -0.704. The van der Waals surface area contributed by atoms with Crippen molar-refractivity contribution in [3.63, 3.8) is 0 Å². The second-order valence-corrected chi connectivity index (χ2v) is 23.8. The highest BCUT2D eigenvalue weighted by atomic mass is 32.1. The van der Waals surface area contributed by atoms with E-state index in [4.69, 9.17) is 31.9 Å². The number of esters is 2. The van der Waals surface area contributed by atoms with Gasteiger partial charge in [0.25, 0.3) is 0 Å². The van der Waals surface area contributed by atoms with Gasteiger partial charge in [0.15, 0.2) is 14.1 Å². The van der Waals surface area contributed by atoms with Crippen molar-refractivity contribution in [3.05, 3.63) is 126 Å². The number of nitrogens with zero attached hydrogens (tertiary/aromatic N) is 1. The second kappa shape index (κ2) is 17.0. The van der Waals surface area contributed by atoms with Gasteiger partial charge in [0, 0.05) is 24.4 Å². The molecule has 5 rings (SSSR count). The smallest absolute Gasteiger partial charge is 0.358 e. The molecule has 0 bridgehead atoms. The fraction of sp³-hybridized carbons (Fsp3) is 0.302. The van der Waals surface area contributed by atoms with Crippen LogP contribution < -0.4 is 21.6 Å². The lowest BCUT2D eigenvalue weighted by Gasteiger charge is -2.52. The molecule has 0 saturated carbocycles. The van der Waals surface area contributed by atoms with Gasteiger partial charge in [-0.15, -0.1) is 0 Å². The van der Waals surface area contributed by atoms with Crippen LogP contribution in [0.1, 0.15) is 50.0 Å². The molecule has 3 unspecified atom stereocenters. The molecule has 0 aromatic heterocycles. The Morgan fingerprint density at radius 3 is 1.75 bits per heavy atom. The zero-order chi connectivity index (χ0) is 40.1. The molecule has 0 radical (unpaired) electrons. The predicted octanol–water partition coefficient (Wildman–Crippen LogP) is 6.17. The van der Waals surface area contributed by atoms with Crippen molar-refractivity contribution in [1.29, 1.82) is 0 Å². The number of hydrogen-bond donors (Lipinski definition) is 1. The van der Waals surface area contributed by atoms with Crippen LogP contribution in [0.4, 0.5) is 0 Å². The van der Waals surface area contributed by atoms with E-state index in [-0.39, 0.29) is 28.5 Å². The third-order valence-corrected chi connectivity index (χ3v) is 14.9. The molecule has 4 aromatic carbocycles. The number of ketones is 1. The maximum absolute atomic E-state index is 15.1. The molecule has 1 heterocycles. The highest BCUT2D eigenvalue weighted by Gasteiger charge is 2.56. The van der Waals surface area contributed by atoms with E-state index in [1.165, 1.54) is 4.90 Å². The van der Waals surface area contributed by atoms with E-state index in [1.54, 1.807) is 45.0 Å². The minimum absolute atomic E-state index is 0.0686. The summed E-state index contributed by atoms with van der Waals surface area (Å²) in [5, 5.41) is 2.34. The summed E-state index contributed by atoms with van der Waals surface area (Å²) in [6.45, 7) is 9.07. The lowest BCUT2D eigenvalue weighted by molar-refractivity contribution is -0.171. The lowest BCUT2D eigenvalue weighted by Crippen LogP contribution is -2.69. The van der Waals surface area contributed by atoms with E-state index in [9.17, 15) is 14.4 Å². The van der Waals surface area contributed by atoms with Gasteiger partial charge in [-0.1, -0.05) is 121 Å². The average Bonchev–Trinajstić information content (AvgIpc) is 3.14. The van der Waals surface area contributed by atoms with Crippen LogP contribution in [-0.2, 0) is 28.3 Å². The van der Waals surface area contributed by atoms with Crippen LogP contribution in [0.5, 0.6) is 0 Å². The normalized spacial score (nSPS) is 16.4. The van der Waals surface area contributed by atoms with Crippen molar-refractivity contribution < 1.29 is 33.1 Å². The SMILES string of the molecule is CC(O[Si](C)(C)C)C1C(=O)N(C(C(=O)OCOC(=O)C(C)(C)C)=P(c2ccccc2)(c2ccccc2)c2ccccc2)C1CC(=O)c1cccc(C(N)=S)c1. The number of thiocarbonyl (C=S) groups is 1. The number of benzene rings is 4. The Morgan fingerprint density at radius 1 is 0.800 bits per heavy atom. The van der Waals surface area contributed by atoms with E-state index in [1.807, 2.05) is 118 Å². The molecule has 1 amide bonds. The predicted molar refractivity (Wildman–Crippen MR) is 226 cm³/mol. The third-order valence-electron chi connectivity index (χ3n) is 9.33. The number of hydrogen-bond acceptors (Lipinski definition) is 8. The second-order valence-electron chi connectivity index (χ2n) is 15.5. The van der Waals surface area contributed by atoms with Gasteiger partial charge < -0.3 is 24.5 Å². The number of rotatable bonds is 14. The molecule has 1 aliphatic rings. The van der Waals surface area contributed by atoms with E-state index < -0.39 is 57.4 Å². The van der Waals surface area contributed by atoms with Crippen molar-refractivity contribution in [2.45, 2.75) is 65.9 Å². The maximum Gasteiger partial charge on any atom is 0.358 e. The quantitative estimate of drug-likeness (QED) is 0.0303. The molecular formula is C43H49N2O7PSSi. The van der Waals surface area contributed by atoms with Crippen molar-refractivity contribution in [3.8, 4) is 0 Å². The Balaban J connectivity index is 1.82. The first kappa shape index (κ1) is 41.5. The van der Waals surface area contributed by atoms with Gasteiger partial charge in [0.05, 0.1) is 23.5 Å². The van der Waals surface area contributed by atoms with Crippen LogP contribution in [0.3, 0.4) is 0 Å². The van der Waals surface area contributed by atoms with Crippen LogP contribution >= 0.6 is 19.1 Å². The number of amides is 1. The Bertz CT molecular complexity index is 2010. The van der Waals surface area contributed by atoms with Crippen LogP contribution in [0.25, 0.3) is 0 Å². The molecule has 0 aliphatic carbocycles. The molecule has 1 saturated heterocycles. The topological polar surface area (TPSA) is 125 Å². The minimum atomic E-state index is -3.32. The Hall–Kier alpha value is -4.67. The van der Waals surface area contributed by atoms with E-state index in [0.717, 1.165) is 15.9 Å². The van der Waals surface area contributed by atoms with Crippen LogP contribution in [0.2, 0.25) is 19.6 Å². The first-order valence-corrected chi connectivity index (χ1v) is 23.8. The summed E-state index contributed by atoms with van der Waals surface area (Å²) in [5.41, 5.74) is 6.05. The molecular weight excluding hydrogens is 748 g/mol. The summed E-state index contributed by atoms with van der Waals surface area (Å²) in [7, 11) is -2.18. The molecule has 0 spiro atoms. The molecule has 9 nitrogen and oxygen atoms in total. The maximum atomic E-state index is 15.1.